The fourth-order valence-electron chi connectivity index (χ4n) is 1.20. The van der Waals surface area contributed by atoms with Crippen LogP contribution >= 0.6 is 0 Å². The third-order valence-corrected chi connectivity index (χ3v) is 1.69. The second kappa shape index (κ2) is 6.42. The lowest BCUT2D eigenvalue weighted by atomic mass is 10.1. The number of hydrogen-bond donors (Lipinski definition) is 0. The van der Waals surface area contributed by atoms with E-state index in [1.54, 1.807) is 0 Å². The Morgan fingerprint density at radius 1 is 1.07 bits per heavy atom. The molecule has 0 fully saturated rings. The molecule has 78 valence electrons. The molecule has 0 bridgehead atoms. The SMILES string of the molecule is C.C1=Cc2ccccc2C1.CC(C)C. The molecule has 1 aromatic carbocycles. The van der Waals surface area contributed by atoms with Crippen LogP contribution in [0.25, 0.3) is 6.08 Å². The molecule has 2 rings (SSSR count). The summed E-state index contributed by atoms with van der Waals surface area (Å²) < 4.78 is 0. The Morgan fingerprint density at radius 2 is 1.64 bits per heavy atom. The van der Waals surface area contributed by atoms with Crippen LogP contribution in [-0.4, -0.2) is 0 Å². The lowest BCUT2D eigenvalue weighted by molar-refractivity contribution is 0.737. The zero-order valence-corrected chi connectivity index (χ0v) is 8.75. The molecule has 1 aliphatic carbocycles. The molecular weight excluding hydrogens is 168 g/mol. The maximum atomic E-state index is 2.20. The van der Waals surface area contributed by atoms with Crippen molar-refractivity contribution in [2.75, 3.05) is 0 Å². The van der Waals surface area contributed by atoms with E-state index in [0.717, 1.165) is 12.3 Å². The van der Waals surface area contributed by atoms with Crippen molar-refractivity contribution >= 4 is 6.08 Å². The van der Waals surface area contributed by atoms with Crippen LogP contribution in [0.15, 0.2) is 30.3 Å². The summed E-state index contributed by atoms with van der Waals surface area (Å²) in [5, 5.41) is 0. The average molecular weight is 190 g/mol. The molecular formula is C14H22. The largest absolute Gasteiger partial charge is 0.0795 e. The van der Waals surface area contributed by atoms with Crippen molar-refractivity contribution in [2.45, 2.75) is 34.6 Å². The van der Waals surface area contributed by atoms with Crippen molar-refractivity contribution < 1.29 is 0 Å². The smallest absolute Gasteiger partial charge is 0.00882 e. The van der Waals surface area contributed by atoms with Crippen molar-refractivity contribution in [3.05, 3.63) is 41.5 Å². The van der Waals surface area contributed by atoms with Gasteiger partial charge in [-0.25, -0.2) is 0 Å². The van der Waals surface area contributed by atoms with E-state index in [1.165, 1.54) is 11.1 Å². The highest BCUT2D eigenvalue weighted by atomic mass is 14.0. The standard InChI is InChI=1S/C9H8.C4H10.CH4/c1-2-5-9-7-3-6-8(9)4-1;1-4(2)3;/h1-6H,7H2;4H,1-3H3;1H4. The van der Waals surface area contributed by atoms with Gasteiger partial charge in [0, 0.05) is 0 Å². The summed E-state index contributed by atoms with van der Waals surface area (Å²) in [6.45, 7) is 6.50. The summed E-state index contributed by atoms with van der Waals surface area (Å²) in [7, 11) is 0. The molecule has 0 saturated carbocycles. The number of benzene rings is 1. The Bertz CT molecular complexity index is 279. The van der Waals surface area contributed by atoms with Crippen LogP contribution in [0, 0.1) is 5.92 Å². The predicted molar refractivity (Wildman–Crippen MR) is 66.4 cm³/mol. The van der Waals surface area contributed by atoms with Crippen LogP contribution in [0.5, 0.6) is 0 Å². The minimum atomic E-state index is 0. The molecule has 0 unspecified atom stereocenters. The lowest BCUT2D eigenvalue weighted by Gasteiger charge is -1.93. The normalized spacial score (nSPS) is 11.4. The van der Waals surface area contributed by atoms with Gasteiger partial charge in [0.1, 0.15) is 0 Å². The molecule has 14 heavy (non-hydrogen) atoms. The highest BCUT2D eigenvalue weighted by Crippen LogP contribution is 2.17. The first-order chi connectivity index (χ1) is 6.20. The van der Waals surface area contributed by atoms with Gasteiger partial charge in [-0.2, -0.15) is 0 Å². The zero-order valence-electron chi connectivity index (χ0n) is 8.75. The number of fused-ring (bicyclic) bond motifs is 1. The molecule has 0 N–H and O–H groups in total. The van der Waals surface area contributed by atoms with Crippen LogP contribution in [0.1, 0.15) is 39.3 Å². The van der Waals surface area contributed by atoms with Gasteiger partial charge in [0.05, 0.1) is 0 Å². The lowest BCUT2D eigenvalue weighted by Crippen LogP contribution is -1.76. The van der Waals surface area contributed by atoms with Crippen molar-refractivity contribution in [2.24, 2.45) is 5.92 Å². The van der Waals surface area contributed by atoms with Crippen molar-refractivity contribution in [1.82, 2.24) is 0 Å². The van der Waals surface area contributed by atoms with Gasteiger partial charge in [0.2, 0.25) is 0 Å². The van der Waals surface area contributed by atoms with E-state index < -0.39 is 0 Å². The highest BCUT2D eigenvalue weighted by Gasteiger charge is 2.00. The average Bonchev–Trinajstić information content (AvgIpc) is 2.49. The first-order valence-electron chi connectivity index (χ1n) is 4.94. The number of rotatable bonds is 0. The topological polar surface area (TPSA) is 0 Å². The van der Waals surface area contributed by atoms with E-state index in [0.29, 0.717) is 0 Å². The van der Waals surface area contributed by atoms with Crippen molar-refractivity contribution in [3.8, 4) is 0 Å². The van der Waals surface area contributed by atoms with E-state index in [4.69, 9.17) is 0 Å². The van der Waals surface area contributed by atoms with Crippen molar-refractivity contribution in [3.63, 3.8) is 0 Å². The minimum Gasteiger partial charge on any atom is -0.0795 e. The fourth-order valence-corrected chi connectivity index (χ4v) is 1.20. The minimum absolute atomic E-state index is 0. The van der Waals surface area contributed by atoms with Crippen LogP contribution in [0.3, 0.4) is 0 Å². The third kappa shape index (κ3) is 4.27. The molecule has 0 nitrogen and oxygen atoms in total. The van der Waals surface area contributed by atoms with E-state index in [-0.39, 0.29) is 7.43 Å². The van der Waals surface area contributed by atoms with Gasteiger partial charge in [-0.05, 0) is 23.5 Å². The van der Waals surface area contributed by atoms with Gasteiger partial charge in [-0.3, -0.25) is 0 Å². The Kier molecular flexibility index (Phi) is 5.94. The van der Waals surface area contributed by atoms with Crippen LogP contribution < -0.4 is 0 Å². The Hall–Kier alpha value is -1.04. The molecule has 0 heterocycles. The van der Waals surface area contributed by atoms with Gasteiger partial charge in [0.15, 0.2) is 0 Å². The van der Waals surface area contributed by atoms with E-state index in [9.17, 15) is 0 Å². The summed E-state index contributed by atoms with van der Waals surface area (Å²) >= 11 is 0. The molecule has 0 heteroatoms. The number of allylic oxidation sites excluding steroid dienone is 1. The molecule has 1 aromatic rings. The third-order valence-electron chi connectivity index (χ3n) is 1.69. The predicted octanol–water partition coefficient (Wildman–Crippen LogP) is 4.55. The maximum Gasteiger partial charge on any atom is -0.00882 e. The zero-order chi connectivity index (χ0) is 9.68. The summed E-state index contributed by atoms with van der Waals surface area (Å²) in [6.07, 6.45) is 5.50. The molecule has 0 spiro atoms. The van der Waals surface area contributed by atoms with Gasteiger partial charge in [-0.15, -0.1) is 0 Å². The number of hydrogen-bond acceptors (Lipinski definition) is 0. The molecule has 0 radical (unpaired) electrons. The monoisotopic (exact) mass is 190 g/mol. The Morgan fingerprint density at radius 3 is 2.21 bits per heavy atom. The molecule has 0 atom stereocenters. The fraction of sp³-hybridized carbons (Fsp3) is 0.429. The maximum absolute atomic E-state index is 2.20. The first kappa shape index (κ1) is 13.0. The van der Waals surface area contributed by atoms with Crippen LogP contribution in [0.2, 0.25) is 0 Å². The molecule has 0 aliphatic heterocycles. The van der Waals surface area contributed by atoms with Gasteiger partial charge < -0.3 is 0 Å². The van der Waals surface area contributed by atoms with E-state index in [1.807, 2.05) is 0 Å². The Labute approximate surface area is 88.7 Å². The van der Waals surface area contributed by atoms with Crippen molar-refractivity contribution in [1.29, 1.82) is 0 Å². The molecule has 0 aromatic heterocycles. The van der Waals surface area contributed by atoms with E-state index in [2.05, 4.69) is 57.2 Å². The highest BCUT2D eigenvalue weighted by molar-refractivity contribution is 5.59. The van der Waals surface area contributed by atoms with Gasteiger partial charge >= 0.3 is 0 Å². The quantitative estimate of drug-likeness (QED) is 0.563. The summed E-state index contributed by atoms with van der Waals surface area (Å²) in [5.74, 6) is 0.833. The van der Waals surface area contributed by atoms with Gasteiger partial charge in [0.25, 0.3) is 0 Å². The summed E-state index contributed by atoms with van der Waals surface area (Å²) in [5.41, 5.74) is 2.84. The molecule has 1 aliphatic rings. The second-order valence-corrected chi connectivity index (χ2v) is 4.04. The molecule has 0 saturated heterocycles. The first-order valence-corrected chi connectivity index (χ1v) is 4.94. The van der Waals surface area contributed by atoms with E-state index >= 15 is 0 Å². The molecule has 0 amide bonds. The summed E-state index contributed by atoms with van der Waals surface area (Å²) in [6, 6.07) is 8.49. The summed E-state index contributed by atoms with van der Waals surface area (Å²) in [4.78, 5) is 0. The Balaban J connectivity index is 0.000000299. The van der Waals surface area contributed by atoms with Gasteiger partial charge in [-0.1, -0.05) is 64.6 Å². The van der Waals surface area contributed by atoms with Crippen LogP contribution in [-0.2, 0) is 6.42 Å². The second-order valence-electron chi connectivity index (χ2n) is 4.04. The van der Waals surface area contributed by atoms with Crippen LogP contribution in [0.4, 0.5) is 0 Å².